The Bertz CT molecular complexity index is 1090. The Morgan fingerprint density at radius 1 is 1.00 bits per heavy atom. The van der Waals surface area contributed by atoms with E-state index in [1.165, 1.54) is 13.2 Å². The van der Waals surface area contributed by atoms with E-state index in [9.17, 15) is 14.4 Å². The molecular formula is C23H23NO7. The molecule has 0 bridgehead atoms. The number of rotatable bonds is 9. The lowest BCUT2D eigenvalue weighted by Crippen LogP contribution is -2.25. The molecule has 1 N–H and O–H groups in total. The minimum absolute atomic E-state index is 0.0557. The highest BCUT2D eigenvalue weighted by molar-refractivity contribution is 5.81. The topological polar surface area (TPSA) is 104 Å². The average molecular weight is 425 g/mol. The number of alkyl carbamates (subject to hydrolysis) is 1. The Morgan fingerprint density at radius 3 is 2.58 bits per heavy atom. The Kier molecular flexibility index (Phi) is 7.64. The summed E-state index contributed by atoms with van der Waals surface area (Å²) < 4.78 is 20.7. The molecule has 0 spiro atoms. The Hall–Kier alpha value is -3.81. The van der Waals surface area contributed by atoms with Crippen molar-refractivity contribution in [2.75, 3.05) is 13.7 Å². The van der Waals surface area contributed by atoms with Crippen molar-refractivity contribution in [1.29, 1.82) is 0 Å². The predicted octanol–water partition coefficient (Wildman–Crippen LogP) is 3.55. The maximum Gasteiger partial charge on any atom is 0.407 e. The first kappa shape index (κ1) is 21.9. The van der Waals surface area contributed by atoms with Gasteiger partial charge in [-0.1, -0.05) is 30.3 Å². The molecule has 31 heavy (non-hydrogen) atoms. The third-order valence-corrected chi connectivity index (χ3v) is 4.47. The van der Waals surface area contributed by atoms with Crippen LogP contribution in [0, 0.1) is 0 Å². The number of carbonyl (C=O) groups is 2. The quantitative estimate of drug-likeness (QED) is 0.318. The molecule has 0 saturated heterocycles. The summed E-state index contributed by atoms with van der Waals surface area (Å²) in [7, 11) is 1.52. The van der Waals surface area contributed by atoms with E-state index >= 15 is 0 Å². The van der Waals surface area contributed by atoms with Gasteiger partial charge in [-0.15, -0.1) is 0 Å². The van der Waals surface area contributed by atoms with Crippen LogP contribution in [0.2, 0.25) is 0 Å². The number of methoxy groups -OCH3 is 1. The molecule has 1 aromatic heterocycles. The molecule has 0 saturated carbocycles. The summed E-state index contributed by atoms with van der Waals surface area (Å²) in [6, 6.07) is 15.7. The van der Waals surface area contributed by atoms with E-state index in [0.717, 1.165) is 5.56 Å². The summed E-state index contributed by atoms with van der Waals surface area (Å²) in [6.45, 7) is 0.403. The van der Waals surface area contributed by atoms with Crippen molar-refractivity contribution in [2.24, 2.45) is 0 Å². The van der Waals surface area contributed by atoms with Crippen molar-refractivity contribution in [2.45, 2.75) is 26.1 Å². The van der Waals surface area contributed by atoms with Gasteiger partial charge in [-0.25, -0.2) is 9.59 Å². The maximum absolute atomic E-state index is 12.0. The fourth-order valence-electron chi connectivity index (χ4n) is 2.88. The zero-order chi connectivity index (χ0) is 22.1. The first-order valence-corrected chi connectivity index (χ1v) is 9.76. The minimum atomic E-state index is -0.546. The molecule has 0 fully saturated rings. The van der Waals surface area contributed by atoms with Gasteiger partial charge in [0.1, 0.15) is 24.5 Å². The van der Waals surface area contributed by atoms with Gasteiger partial charge in [0.2, 0.25) is 0 Å². The second kappa shape index (κ2) is 10.8. The molecule has 3 rings (SSSR count). The SMILES string of the molecule is COc1ccc2c(COC(=O)CCCNC(=O)OCc3ccccc3)cc(=O)oc2c1. The van der Waals surface area contributed by atoms with E-state index in [1.807, 2.05) is 30.3 Å². The van der Waals surface area contributed by atoms with Crippen molar-refractivity contribution in [3.63, 3.8) is 0 Å². The van der Waals surface area contributed by atoms with E-state index < -0.39 is 17.7 Å². The molecule has 0 aliphatic heterocycles. The minimum Gasteiger partial charge on any atom is -0.497 e. The van der Waals surface area contributed by atoms with E-state index in [0.29, 0.717) is 28.7 Å². The van der Waals surface area contributed by atoms with E-state index in [-0.39, 0.29) is 26.2 Å². The molecule has 0 radical (unpaired) electrons. The first-order chi connectivity index (χ1) is 15.0. The number of nitrogens with one attached hydrogen (secondary N) is 1. The van der Waals surface area contributed by atoms with Gasteiger partial charge < -0.3 is 23.9 Å². The van der Waals surface area contributed by atoms with E-state index in [4.69, 9.17) is 18.6 Å². The number of benzene rings is 2. The molecule has 1 amide bonds. The number of hydrogen-bond donors (Lipinski definition) is 1. The number of ether oxygens (including phenoxy) is 3. The Morgan fingerprint density at radius 2 is 1.81 bits per heavy atom. The number of esters is 1. The van der Waals surface area contributed by atoms with Gasteiger partial charge in [-0.3, -0.25) is 4.79 Å². The molecule has 8 nitrogen and oxygen atoms in total. The molecule has 1 heterocycles. The van der Waals surface area contributed by atoms with Gasteiger partial charge in [0, 0.05) is 36.0 Å². The van der Waals surface area contributed by atoms with Gasteiger partial charge >= 0.3 is 17.7 Å². The molecule has 0 aliphatic carbocycles. The highest BCUT2D eigenvalue weighted by Gasteiger charge is 2.10. The van der Waals surface area contributed by atoms with Crippen LogP contribution in [0.1, 0.15) is 24.0 Å². The van der Waals surface area contributed by atoms with Crippen LogP contribution in [-0.2, 0) is 27.5 Å². The number of hydrogen-bond acceptors (Lipinski definition) is 7. The normalized spacial score (nSPS) is 10.5. The smallest absolute Gasteiger partial charge is 0.407 e. The van der Waals surface area contributed by atoms with Crippen LogP contribution in [0.25, 0.3) is 11.0 Å². The first-order valence-electron chi connectivity index (χ1n) is 9.76. The number of fused-ring (bicyclic) bond motifs is 1. The summed E-state index contributed by atoms with van der Waals surface area (Å²) in [5.41, 5.74) is 1.26. The third-order valence-electron chi connectivity index (χ3n) is 4.47. The van der Waals surface area contributed by atoms with Gasteiger partial charge in [-0.2, -0.15) is 0 Å². The van der Waals surface area contributed by atoms with Crippen molar-refractivity contribution in [1.82, 2.24) is 5.32 Å². The van der Waals surface area contributed by atoms with Crippen LogP contribution in [0.4, 0.5) is 4.79 Å². The predicted molar refractivity (Wildman–Crippen MR) is 113 cm³/mol. The van der Waals surface area contributed by atoms with Gasteiger partial charge in [0.15, 0.2) is 0 Å². The summed E-state index contributed by atoms with van der Waals surface area (Å²) in [5.74, 6) is 0.119. The molecule has 0 unspecified atom stereocenters. The second-order valence-electron chi connectivity index (χ2n) is 6.71. The lowest BCUT2D eigenvalue weighted by atomic mass is 10.1. The van der Waals surface area contributed by atoms with Crippen LogP contribution in [-0.4, -0.2) is 25.7 Å². The fraction of sp³-hybridized carbons (Fsp3) is 0.261. The van der Waals surface area contributed by atoms with Gasteiger partial charge in [0.05, 0.1) is 7.11 Å². The summed E-state index contributed by atoms with van der Waals surface area (Å²) in [5, 5.41) is 3.25. The average Bonchev–Trinajstić information content (AvgIpc) is 2.79. The summed E-state index contributed by atoms with van der Waals surface area (Å²) in [4.78, 5) is 35.4. The Balaban J connectivity index is 1.40. The number of carbonyl (C=O) groups excluding carboxylic acids is 2. The van der Waals surface area contributed by atoms with Crippen LogP contribution in [0.15, 0.2) is 63.8 Å². The lowest BCUT2D eigenvalue weighted by Gasteiger charge is -2.09. The summed E-state index contributed by atoms with van der Waals surface area (Å²) in [6.07, 6.45) is -0.0320. The monoisotopic (exact) mass is 425 g/mol. The second-order valence-corrected chi connectivity index (χ2v) is 6.71. The highest BCUT2D eigenvalue weighted by atomic mass is 16.5. The van der Waals surface area contributed by atoms with Crippen molar-refractivity contribution >= 4 is 23.0 Å². The zero-order valence-electron chi connectivity index (χ0n) is 17.1. The molecular weight excluding hydrogens is 402 g/mol. The van der Waals surface area contributed by atoms with Crippen LogP contribution < -0.4 is 15.7 Å². The molecule has 2 aromatic carbocycles. The molecule has 3 aromatic rings. The van der Waals surface area contributed by atoms with Crippen LogP contribution in [0.5, 0.6) is 5.75 Å². The van der Waals surface area contributed by atoms with Crippen molar-refractivity contribution in [3.05, 3.63) is 76.1 Å². The Labute approximate surface area is 178 Å². The van der Waals surface area contributed by atoms with Crippen LogP contribution >= 0.6 is 0 Å². The largest absolute Gasteiger partial charge is 0.497 e. The third kappa shape index (κ3) is 6.60. The fourth-order valence-corrected chi connectivity index (χ4v) is 2.88. The molecule has 0 aliphatic rings. The van der Waals surface area contributed by atoms with E-state index in [1.54, 1.807) is 18.2 Å². The molecule has 162 valence electrons. The lowest BCUT2D eigenvalue weighted by molar-refractivity contribution is -0.145. The highest BCUT2D eigenvalue weighted by Crippen LogP contribution is 2.23. The molecule has 0 atom stereocenters. The summed E-state index contributed by atoms with van der Waals surface area (Å²) >= 11 is 0. The van der Waals surface area contributed by atoms with Crippen molar-refractivity contribution < 1.29 is 28.2 Å². The number of amides is 1. The van der Waals surface area contributed by atoms with Gasteiger partial charge in [0.25, 0.3) is 0 Å². The zero-order valence-corrected chi connectivity index (χ0v) is 17.1. The van der Waals surface area contributed by atoms with Gasteiger partial charge in [-0.05, 0) is 24.1 Å². The standard InChI is InChI=1S/C23H23NO7/c1-28-18-9-10-19-17(12-22(26)31-20(19)13-18)15-29-21(25)8-5-11-24-23(27)30-14-16-6-3-2-4-7-16/h2-4,6-7,9-10,12-13H,5,8,11,14-15H2,1H3,(H,24,27). The maximum atomic E-state index is 12.0. The van der Waals surface area contributed by atoms with Crippen molar-refractivity contribution in [3.8, 4) is 5.75 Å². The molecule has 8 heteroatoms. The van der Waals surface area contributed by atoms with Crippen LogP contribution in [0.3, 0.4) is 0 Å². The van der Waals surface area contributed by atoms with E-state index in [2.05, 4.69) is 5.32 Å².